The molecule has 36 nitrogen and oxygen atoms in total. The number of phenolic OH excluding ortho intramolecular Hbond substituents is 1. The van der Waals surface area contributed by atoms with E-state index in [1.807, 2.05) is 12.1 Å². The zero-order chi connectivity index (χ0) is 92.8. The number of carbonyl (C=O) groups is 15. The second-order valence-corrected chi connectivity index (χ2v) is 36.0. The number of aliphatic hydroxyl groups is 1. The normalized spacial score (nSPS) is 22.4. The molecule has 1 unspecified atom stereocenters. The number of amides is 14. The molecule has 4 aromatic carbocycles. The molecule has 5 heterocycles. The van der Waals surface area contributed by atoms with Crippen molar-refractivity contribution in [3.8, 4) is 5.75 Å². The summed E-state index contributed by atoms with van der Waals surface area (Å²) in [4.78, 5) is 244. The van der Waals surface area contributed by atoms with Crippen molar-refractivity contribution in [1.29, 1.82) is 0 Å². The van der Waals surface area contributed by atoms with Crippen molar-refractivity contribution in [2.75, 3.05) is 59.4 Å². The van der Waals surface area contributed by atoms with Crippen LogP contribution in [0.4, 0.5) is 0 Å². The van der Waals surface area contributed by atoms with Crippen molar-refractivity contribution in [3.63, 3.8) is 0 Å². The molecule has 3 aliphatic heterocycles. The van der Waals surface area contributed by atoms with Gasteiger partial charge in [0, 0.05) is 124 Å². The smallest absolute Gasteiger partial charge is 0.328 e. The average Bonchev–Trinajstić information content (AvgIpc) is 1.71. The number of aromatic amines is 1. The number of aromatic hydroxyl groups is 1. The summed E-state index contributed by atoms with van der Waals surface area (Å²) in [6.45, 7) is 5.98. The highest BCUT2D eigenvalue weighted by Gasteiger charge is 2.46. The van der Waals surface area contributed by atoms with E-state index in [1.54, 1.807) is 87.8 Å². The topological polar surface area (TPSA) is 505 Å². The number of nitrogens with one attached hydrogen (secondary N) is 8. The Balaban J connectivity index is 1.13. The minimum absolute atomic E-state index is 0.0367. The highest BCUT2D eigenvalue weighted by molar-refractivity contribution is 7.90. The second kappa shape index (κ2) is 45.5. The monoisotopic (exact) mass is 1830 g/mol. The number of likely N-dealkylation sites (tertiary alicyclic amines) is 1. The number of hydrogen-bond acceptors (Lipinski definition) is 21. The molecule has 14 amide bonds. The van der Waals surface area contributed by atoms with Crippen molar-refractivity contribution in [2.24, 2.45) is 21.8 Å². The van der Waals surface area contributed by atoms with E-state index in [0.717, 1.165) is 25.9 Å². The lowest BCUT2D eigenvalue weighted by Gasteiger charge is -2.36. The van der Waals surface area contributed by atoms with E-state index >= 15 is 33.6 Å². The van der Waals surface area contributed by atoms with Crippen LogP contribution in [-0.2, 0) is 114 Å². The molecular weight excluding hydrogens is 1720 g/mol. The van der Waals surface area contributed by atoms with Crippen molar-refractivity contribution in [2.45, 2.75) is 191 Å². The fourth-order valence-corrected chi connectivity index (χ4v) is 16.9. The third-order valence-electron chi connectivity index (χ3n) is 23.0. The fraction of sp³-hybridized carbons (Fsp3) is 0.471. The number of benzene rings is 4. The standard InChI is InChI=1S/C87H108Cl2N16O20S2/c1-10-48(3)73-81(116)100-74(49(4)11-2)86(121)103(8)70(42-57-46-126-47-92-57)80(115)97-63(41-54-44-91-60-23-13-12-22-59(54)60)82(117)104-33-16-24-66(104)84(119)101(6)68(39-52-18-14-20-55(88)36-52)78(113)95-61(31-35-127(9,124)125)77(112)96-62(38-51-26-28-58(107)29-27-51)76(111)90-32-30-71(108)94-64(43-72(109)93-50(5)75(110)99-73)83(118)105-34-17-25-67(105)85(120)102(7)69(40-53-19-15-21-56(89)37-53)79(114)98-65(45-106)87(122)123/h12-15,18-23,26-29,36-37,44,46-50,61-63,65-70,74,91,106-107H,10-11,16-17,24-25,30-35,38-43,45H2,1-9H3,(H,90,111)(H,93,109)(H,95,113)(H,96,112)(H,97,115)(H,98,114)(H,100,116)(H,122,123)/t48-,49-,50-,61-,62+,63-,65-,66-,67-,68-,69-,70-,74?/m0/s1. The van der Waals surface area contributed by atoms with Gasteiger partial charge in [0.25, 0.3) is 17.7 Å². The zero-order valence-corrected chi connectivity index (χ0v) is 75.0. The molecule has 6 aromatic rings. The maximum atomic E-state index is 15.9. The Kier molecular flexibility index (Phi) is 35.5. The number of hydrogen-bond donors (Lipinski definition) is 11. The summed E-state index contributed by atoms with van der Waals surface area (Å²) >= 11 is 14.0. The molecule has 40 heteroatoms. The van der Waals surface area contributed by atoms with Crippen molar-refractivity contribution < 1.29 is 95.7 Å². The van der Waals surface area contributed by atoms with Gasteiger partial charge in [0.2, 0.25) is 65.0 Å². The third kappa shape index (κ3) is 26.9. The molecule has 0 radical (unpaired) electrons. The summed E-state index contributed by atoms with van der Waals surface area (Å²) in [5, 5.41) is 51.0. The Morgan fingerprint density at radius 3 is 2.00 bits per heavy atom. The van der Waals surface area contributed by atoms with E-state index in [2.05, 4.69) is 57.2 Å². The number of aliphatic imine (C=N–C) groups is 2. The maximum Gasteiger partial charge on any atom is 0.328 e. The van der Waals surface area contributed by atoms with E-state index in [-0.39, 0.29) is 105 Å². The number of carboxylic acids is 1. The van der Waals surface area contributed by atoms with Gasteiger partial charge < -0.3 is 82.0 Å². The summed E-state index contributed by atoms with van der Waals surface area (Å²) in [7, 11) is -0.0983. The van der Waals surface area contributed by atoms with Gasteiger partial charge in [-0.1, -0.05) is 112 Å². The lowest BCUT2D eigenvalue weighted by atomic mass is 9.95. The number of sulfone groups is 1. The van der Waals surface area contributed by atoms with Gasteiger partial charge in [0.05, 0.1) is 30.0 Å². The van der Waals surface area contributed by atoms with Crippen LogP contribution < -0.4 is 37.2 Å². The molecule has 2 aromatic heterocycles. The summed E-state index contributed by atoms with van der Waals surface area (Å²) in [6, 6.07) is 7.86. The molecule has 2 fully saturated rings. The number of nitrogens with zero attached hydrogens (tertiary/aromatic N) is 8. The number of thiazole rings is 1. The number of phenols is 1. The van der Waals surface area contributed by atoms with Gasteiger partial charge in [0.15, 0.2) is 0 Å². The van der Waals surface area contributed by atoms with Crippen molar-refractivity contribution >= 4 is 155 Å². The molecule has 0 saturated carbocycles. The van der Waals surface area contributed by atoms with Gasteiger partial charge in [-0.05, 0) is 116 Å². The lowest BCUT2D eigenvalue weighted by molar-refractivity contribution is -0.149. The summed E-state index contributed by atoms with van der Waals surface area (Å²) < 4.78 is 26.1. The Morgan fingerprint density at radius 1 is 0.709 bits per heavy atom. The first kappa shape index (κ1) is 98.9. The molecule has 682 valence electrons. The summed E-state index contributed by atoms with van der Waals surface area (Å²) in [6.07, 6.45) is -0.562. The molecular formula is C87H108Cl2N16O20S2. The fourth-order valence-electron chi connectivity index (χ4n) is 15.2. The number of aliphatic hydroxyl groups excluding tert-OH is 1. The third-order valence-corrected chi connectivity index (χ3v) is 25.0. The number of fused-ring (bicyclic) bond motifs is 2. The number of carboxylic acid groups (broad SMARTS) is 1. The minimum Gasteiger partial charge on any atom is -0.508 e. The molecule has 127 heavy (non-hydrogen) atoms. The van der Waals surface area contributed by atoms with E-state index < -0.39 is 221 Å². The highest BCUT2D eigenvalue weighted by atomic mass is 35.5. The maximum absolute atomic E-state index is 15.9. The zero-order valence-electron chi connectivity index (χ0n) is 71.8. The summed E-state index contributed by atoms with van der Waals surface area (Å²) in [5.41, 5.74) is 3.05. The number of aliphatic carboxylic acids is 1. The van der Waals surface area contributed by atoms with Gasteiger partial charge in [-0.2, -0.15) is 0 Å². The van der Waals surface area contributed by atoms with Gasteiger partial charge >= 0.3 is 5.97 Å². The van der Waals surface area contributed by atoms with Crippen LogP contribution >= 0.6 is 34.5 Å². The molecule has 11 N–H and O–H groups in total. The largest absolute Gasteiger partial charge is 0.508 e. The lowest BCUT2D eigenvalue weighted by Crippen LogP contribution is -2.61. The Bertz CT molecular complexity index is 5250. The van der Waals surface area contributed by atoms with Gasteiger partial charge in [-0.15, -0.1) is 11.3 Å². The minimum atomic E-state index is -3.96. The number of halogens is 2. The number of para-hydroxylation sites is 1. The van der Waals surface area contributed by atoms with Crippen LogP contribution in [0.1, 0.15) is 120 Å². The highest BCUT2D eigenvalue weighted by Crippen LogP contribution is 2.29. The first-order chi connectivity index (χ1) is 60.3. The Labute approximate surface area is 748 Å². The van der Waals surface area contributed by atoms with Crippen LogP contribution in [-0.4, -0.2) is 284 Å². The number of rotatable bonds is 24. The van der Waals surface area contributed by atoms with Crippen LogP contribution in [0, 0.1) is 11.8 Å². The van der Waals surface area contributed by atoms with Crippen LogP contribution in [0.2, 0.25) is 10.0 Å². The predicted molar refractivity (Wildman–Crippen MR) is 471 cm³/mol. The Morgan fingerprint density at radius 2 is 1.35 bits per heavy atom. The van der Waals surface area contributed by atoms with E-state index in [4.69, 9.17) is 23.2 Å². The van der Waals surface area contributed by atoms with Gasteiger partial charge in [-0.3, -0.25) is 67.1 Å². The predicted octanol–water partition coefficient (Wildman–Crippen LogP) is 2.99. The van der Waals surface area contributed by atoms with Crippen molar-refractivity contribution in [1.82, 2.24) is 71.7 Å². The Hall–Kier alpha value is -11.9. The molecule has 9 rings (SSSR count). The number of H-pyrrole nitrogens is 1. The molecule has 3 aliphatic rings. The average molecular weight is 1830 g/mol. The van der Waals surface area contributed by atoms with E-state index in [0.29, 0.717) is 38.9 Å². The molecule has 13 atom stereocenters. The van der Waals surface area contributed by atoms with E-state index in [1.165, 1.54) is 86.2 Å². The molecule has 2 saturated heterocycles. The molecule has 0 bridgehead atoms. The van der Waals surface area contributed by atoms with Gasteiger partial charge in [0.1, 0.15) is 93.5 Å². The number of carbonyl (C=O) groups excluding carboxylic acids is 14. The van der Waals surface area contributed by atoms with Crippen LogP contribution in [0.15, 0.2) is 124 Å². The molecule has 0 spiro atoms. The van der Waals surface area contributed by atoms with Crippen LogP contribution in [0.5, 0.6) is 5.75 Å². The quantitative estimate of drug-likeness (QED) is 0.0415. The van der Waals surface area contributed by atoms with Crippen LogP contribution in [0.25, 0.3) is 10.9 Å². The molecule has 0 aliphatic carbocycles. The van der Waals surface area contributed by atoms with Crippen molar-refractivity contribution in [3.05, 3.63) is 152 Å². The number of aromatic nitrogens is 2. The van der Waals surface area contributed by atoms with E-state index in [9.17, 15) is 62.1 Å². The number of likely N-dealkylation sites (N-methyl/N-ethyl adjacent to an activating group) is 3. The summed E-state index contributed by atoms with van der Waals surface area (Å²) in [5.74, 6) is -17.9. The SMILES string of the molecule is CC[C@H](C)C1=NC(=O)[C@H](C)NC(=O)CC(C(=O)N2CCC[C@H]2C(=O)N(C)[C@@H](Cc2cccc(Cl)c2)C(=O)N[C@@H](CO)C(=O)O)=NC(=O)CCNC(=O)[C@@H](Cc2ccc(O)cc2)NC(=O)[C@H](CCS(C)(=O)=O)NC(=O)[C@H](Cc2cccc(Cl)c2)N(C)C(=O)[C@@H]2CCCN2C(=O)[C@H](Cc2c[nH]c3ccccc23)NC(=O)[C@H](Cc2cscn2)N(C)C(=O)C([C@@H](C)CC)NC1=O. The first-order valence-corrected chi connectivity index (χ1v) is 45.5. The van der Waals surface area contributed by atoms with Crippen LogP contribution in [0.3, 0.4) is 0 Å². The second-order valence-electron chi connectivity index (χ2n) is 32.2. The first-order valence-electron chi connectivity index (χ1n) is 41.7. The van der Waals surface area contributed by atoms with Gasteiger partial charge in [-0.25, -0.2) is 28.2 Å².